The van der Waals surface area contributed by atoms with E-state index in [1.165, 1.54) is 0 Å². The summed E-state index contributed by atoms with van der Waals surface area (Å²) in [4.78, 5) is 22.8. The Hall–Kier alpha value is -1.23. The van der Waals surface area contributed by atoms with Crippen LogP contribution in [-0.4, -0.2) is 53.8 Å². The number of carbonyl (C=O) groups is 2. The van der Waals surface area contributed by atoms with E-state index in [0.29, 0.717) is 49.4 Å². The Labute approximate surface area is 214 Å². The molecular weight excluding hydrogens is 486 g/mol. The van der Waals surface area contributed by atoms with Gasteiger partial charge >= 0.3 is 16.4 Å². The Morgan fingerprint density at radius 2 is 1.72 bits per heavy atom. The topological polar surface area (TPSA) is 150 Å². The molecule has 10 heteroatoms. The first-order valence-electron chi connectivity index (χ1n) is 13.6. The number of carbonyl (C=O) groups excluding carboxylic acids is 1. The first kappa shape index (κ1) is 27.8. The van der Waals surface area contributed by atoms with E-state index in [0.717, 1.165) is 38.5 Å². The molecule has 4 N–H and O–H groups in total. The number of carboxylic acids is 1. The lowest BCUT2D eigenvalue weighted by Gasteiger charge is -2.62. The fourth-order valence-corrected chi connectivity index (χ4v) is 9.76. The number of carboxylic acid groups (broad SMARTS) is 1. The molecular formula is C26H43NO8S. The van der Waals surface area contributed by atoms with E-state index in [-0.39, 0.29) is 35.1 Å². The van der Waals surface area contributed by atoms with Crippen molar-refractivity contribution in [3.05, 3.63) is 0 Å². The maximum absolute atomic E-state index is 12.1. The number of aliphatic carboxylic acids is 1. The fourth-order valence-electron chi connectivity index (χ4n) is 9.24. The molecule has 0 aliphatic heterocycles. The lowest BCUT2D eigenvalue weighted by molar-refractivity contribution is -0.172. The van der Waals surface area contributed by atoms with Crippen molar-refractivity contribution in [2.45, 2.75) is 97.2 Å². The summed E-state index contributed by atoms with van der Waals surface area (Å²) in [5.41, 5.74) is 0.129. The van der Waals surface area contributed by atoms with E-state index in [4.69, 9.17) is 13.8 Å². The Bertz CT molecular complexity index is 956. The highest BCUT2D eigenvalue weighted by Crippen LogP contribution is 2.68. The lowest BCUT2D eigenvalue weighted by Crippen LogP contribution is -2.58. The number of fused-ring (bicyclic) bond motifs is 5. The zero-order valence-corrected chi connectivity index (χ0v) is 22.5. The number of aliphatic hydroxyl groups is 1. The highest BCUT2D eigenvalue weighted by Gasteiger charge is 2.63. The van der Waals surface area contributed by atoms with Crippen LogP contribution in [0.5, 0.6) is 0 Å². The van der Waals surface area contributed by atoms with Gasteiger partial charge in [0.2, 0.25) is 5.91 Å². The SMILES string of the molecule is C[C@H](CCC(=O)NCC(=O)O)C1CCC2C3C(O)C[C@@H]4C[C@H](OS(=O)(=O)O)CC[C@]4(C)C3CC[C@@]21C. The van der Waals surface area contributed by atoms with Crippen molar-refractivity contribution in [2.24, 2.45) is 46.3 Å². The summed E-state index contributed by atoms with van der Waals surface area (Å²) in [7, 11) is -4.48. The molecule has 9 nitrogen and oxygen atoms in total. The van der Waals surface area contributed by atoms with Crippen LogP contribution in [-0.2, 0) is 24.2 Å². The van der Waals surface area contributed by atoms with Gasteiger partial charge in [-0.25, -0.2) is 4.18 Å². The van der Waals surface area contributed by atoms with E-state index < -0.39 is 28.6 Å². The van der Waals surface area contributed by atoms with Crippen molar-refractivity contribution in [1.29, 1.82) is 0 Å². The van der Waals surface area contributed by atoms with Crippen LogP contribution in [0.2, 0.25) is 0 Å². The molecule has 4 fully saturated rings. The van der Waals surface area contributed by atoms with Crippen LogP contribution in [0.15, 0.2) is 0 Å². The molecule has 10 atom stereocenters. The van der Waals surface area contributed by atoms with Gasteiger partial charge in [0.15, 0.2) is 0 Å². The molecule has 0 saturated heterocycles. The molecule has 4 rings (SSSR count). The van der Waals surface area contributed by atoms with Gasteiger partial charge in [0.25, 0.3) is 0 Å². The molecule has 36 heavy (non-hydrogen) atoms. The minimum absolute atomic E-state index is 0.0240. The van der Waals surface area contributed by atoms with Crippen LogP contribution in [0.4, 0.5) is 0 Å². The van der Waals surface area contributed by atoms with Crippen molar-refractivity contribution in [2.75, 3.05) is 6.54 Å². The second kappa shape index (κ2) is 10.2. The number of amides is 1. The zero-order chi connectivity index (χ0) is 26.5. The molecule has 5 unspecified atom stereocenters. The van der Waals surface area contributed by atoms with E-state index in [1.807, 2.05) is 0 Å². The minimum Gasteiger partial charge on any atom is -0.480 e. The highest BCUT2D eigenvalue weighted by molar-refractivity contribution is 7.80. The molecule has 0 bridgehead atoms. The number of hydrogen-bond donors (Lipinski definition) is 4. The maximum atomic E-state index is 12.1. The molecule has 0 spiro atoms. The van der Waals surface area contributed by atoms with Gasteiger partial charge < -0.3 is 15.5 Å². The second-order valence-electron chi connectivity index (χ2n) is 12.6. The summed E-state index contributed by atoms with van der Waals surface area (Å²) in [5, 5.41) is 22.7. The number of nitrogens with one attached hydrogen (secondary N) is 1. The highest BCUT2D eigenvalue weighted by atomic mass is 32.3. The molecule has 4 aliphatic rings. The average molecular weight is 530 g/mol. The molecule has 4 aliphatic carbocycles. The van der Waals surface area contributed by atoms with Gasteiger partial charge in [0.05, 0.1) is 12.2 Å². The molecule has 0 aromatic heterocycles. The van der Waals surface area contributed by atoms with Crippen LogP contribution >= 0.6 is 0 Å². The molecule has 0 radical (unpaired) electrons. The minimum atomic E-state index is -4.48. The van der Waals surface area contributed by atoms with E-state index in [2.05, 4.69) is 26.1 Å². The third-order valence-electron chi connectivity index (χ3n) is 10.9. The van der Waals surface area contributed by atoms with E-state index in [1.54, 1.807) is 0 Å². The number of hydrogen-bond acceptors (Lipinski definition) is 6. The Balaban J connectivity index is 1.43. The standard InChI is InChI=1S/C26H43NO8S/c1-15(4-7-22(29)27-14-23(30)31)18-5-6-19-24-20(9-11-26(18,19)3)25(2)10-8-17(35-36(32,33)34)12-16(25)13-21(24)28/h15-21,24,28H,4-14H2,1-3H3,(H,27,29)(H,30,31)(H,32,33,34)/t15-,16+,17-,18?,19?,20?,21?,24?,25+,26-/m1/s1. The first-order valence-corrected chi connectivity index (χ1v) is 14.9. The van der Waals surface area contributed by atoms with Crippen LogP contribution < -0.4 is 5.32 Å². The van der Waals surface area contributed by atoms with Crippen LogP contribution in [0.1, 0.15) is 85.0 Å². The Morgan fingerprint density at radius 1 is 1.06 bits per heavy atom. The molecule has 1 amide bonds. The Morgan fingerprint density at radius 3 is 2.39 bits per heavy atom. The quantitative estimate of drug-likeness (QED) is 0.349. The molecule has 0 aromatic carbocycles. The average Bonchev–Trinajstić information content (AvgIpc) is 3.13. The number of rotatable bonds is 8. The second-order valence-corrected chi connectivity index (χ2v) is 13.7. The largest absolute Gasteiger partial charge is 0.480 e. The summed E-state index contributed by atoms with van der Waals surface area (Å²) >= 11 is 0. The van der Waals surface area contributed by atoms with Gasteiger partial charge in [-0.3, -0.25) is 14.1 Å². The third kappa shape index (κ3) is 5.33. The molecule has 0 aromatic rings. The van der Waals surface area contributed by atoms with Crippen LogP contribution in [0, 0.1) is 46.3 Å². The van der Waals surface area contributed by atoms with Crippen molar-refractivity contribution in [1.82, 2.24) is 5.32 Å². The van der Waals surface area contributed by atoms with Crippen molar-refractivity contribution >= 4 is 22.3 Å². The summed E-state index contributed by atoms with van der Waals surface area (Å²) < 4.78 is 36.6. The predicted octanol–water partition coefficient (Wildman–Crippen LogP) is 3.42. The van der Waals surface area contributed by atoms with Crippen molar-refractivity contribution < 1.29 is 37.0 Å². The Kier molecular flexibility index (Phi) is 7.84. The van der Waals surface area contributed by atoms with Gasteiger partial charge in [-0.1, -0.05) is 20.8 Å². The fraction of sp³-hybridized carbons (Fsp3) is 0.923. The third-order valence-corrected chi connectivity index (χ3v) is 11.4. The van der Waals surface area contributed by atoms with Crippen molar-refractivity contribution in [3.63, 3.8) is 0 Å². The van der Waals surface area contributed by atoms with Gasteiger partial charge in [-0.05, 0) is 104 Å². The summed E-state index contributed by atoms with van der Waals surface area (Å²) in [5.74, 6) is 0.732. The monoisotopic (exact) mass is 529 g/mol. The summed E-state index contributed by atoms with van der Waals surface area (Å²) in [6.07, 6.45) is 6.98. The molecule has 0 heterocycles. The first-order chi connectivity index (χ1) is 16.7. The number of aliphatic hydroxyl groups excluding tert-OH is 1. The van der Waals surface area contributed by atoms with E-state index >= 15 is 0 Å². The smallest absolute Gasteiger partial charge is 0.397 e. The molecule has 4 saturated carbocycles. The van der Waals surface area contributed by atoms with Gasteiger partial charge in [-0.15, -0.1) is 0 Å². The van der Waals surface area contributed by atoms with Gasteiger partial charge in [0, 0.05) is 6.42 Å². The summed E-state index contributed by atoms with van der Waals surface area (Å²) in [6, 6.07) is 0. The van der Waals surface area contributed by atoms with E-state index in [9.17, 15) is 23.1 Å². The lowest BCUT2D eigenvalue weighted by atomic mass is 9.43. The predicted molar refractivity (Wildman–Crippen MR) is 132 cm³/mol. The normalized spacial score (nSPS) is 43.1. The van der Waals surface area contributed by atoms with Gasteiger partial charge in [-0.2, -0.15) is 8.42 Å². The van der Waals surface area contributed by atoms with Crippen LogP contribution in [0.25, 0.3) is 0 Å². The zero-order valence-electron chi connectivity index (χ0n) is 21.7. The molecule has 206 valence electrons. The van der Waals surface area contributed by atoms with Gasteiger partial charge in [0.1, 0.15) is 6.54 Å². The summed E-state index contributed by atoms with van der Waals surface area (Å²) in [6.45, 7) is 6.56. The maximum Gasteiger partial charge on any atom is 0.397 e. The van der Waals surface area contributed by atoms with Crippen molar-refractivity contribution in [3.8, 4) is 0 Å². The van der Waals surface area contributed by atoms with Crippen LogP contribution in [0.3, 0.4) is 0 Å².